The van der Waals surface area contributed by atoms with Gasteiger partial charge in [0, 0.05) is 30.1 Å². The fourth-order valence-electron chi connectivity index (χ4n) is 1.17. The molecule has 0 aliphatic heterocycles. The van der Waals surface area contributed by atoms with E-state index in [-0.39, 0.29) is 8.80 Å². The van der Waals surface area contributed by atoms with Gasteiger partial charge in [-0.25, -0.2) is 0 Å². The molecule has 0 heterocycles. The molecule has 0 fully saturated rings. The molecule has 0 radical (unpaired) electrons. The van der Waals surface area contributed by atoms with Crippen molar-refractivity contribution >= 4 is 24.7 Å². The van der Waals surface area contributed by atoms with Crippen LogP contribution in [-0.4, -0.2) is 46.0 Å². The minimum Gasteiger partial charge on any atom is -0.380 e. The molecule has 0 saturated heterocycles. The van der Waals surface area contributed by atoms with Crippen molar-refractivity contribution in [3.63, 3.8) is 0 Å². The Balaban J connectivity index is 0. The van der Waals surface area contributed by atoms with E-state index >= 15 is 0 Å². The average Bonchev–Trinajstić information content (AvgIpc) is 2.04. The lowest BCUT2D eigenvalue weighted by atomic mass is 11.8. The second-order valence-electron chi connectivity index (χ2n) is 5.15. The molecule has 0 saturated carbocycles. The van der Waals surface area contributed by atoms with Crippen LogP contribution in [0.2, 0.25) is 39.3 Å². The van der Waals surface area contributed by atoms with E-state index in [0.717, 1.165) is 0 Å². The molecule has 0 amide bonds. The molecular formula is C9H28O3Si3. The summed E-state index contributed by atoms with van der Waals surface area (Å²) in [6.45, 7) is 13.5. The first-order chi connectivity index (χ1) is 6.66. The van der Waals surface area contributed by atoms with Crippen molar-refractivity contribution in [2.75, 3.05) is 21.3 Å². The van der Waals surface area contributed by atoms with Gasteiger partial charge in [0.05, 0.1) is 0 Å². The molecule has 94 valence electrons. The number of hydrogen-bond donors (Lipinski definition) is 0. The molecule has 0 spiro atoms. The Labute approximate surface area is 98.9 Å². The molecule has 0 bridgehead atoms. The van der Waals surface area contributed by atoms with E-state index in [4.69, 9.17) is 13.3 Å². The maximum atomic E-state index is 5.36. The van der Waals surface area contributed by atoms with Gasteiger partial charge < -0.3 is 13.3 Å². The normalized spacial score (nSPS) is 12.4. The molecule has 0 aromatic heterocycles. The van der Waals surface area contributed by atoms with Crippen LogP contribution in [0, 0.1) is 0 Å². The third kappa shape index (κ3) is 6.64. The van der Waals surface area contributed by atoms with Crippen LogP contribution in [0.15, 0.2) is 0 Å². The monoisotopic (exact) mass is 268 g/mol. The van der Waals surface area contributed by atoms with Gasteiger partial charge in [-0.3, -0.25) is 0 Å². The van der Waals surface area contributed by atoms with Crippen molar-refractivity contribution in [3.05, 3.63) is 0 Å². The van der Waals surface area contributed by atoms with E-state index in [2.05, 4.69) is 39.3 Å². The Kier molecular flexibility index (Phi) is 9.25. The highest BCUT2D eigenvalue weighted by Crippen LogP contribution is 2.20. The summed E-state index contributed by atoms with van der Waals surface area (Å²) in [7, 11) is 1.11. The molecule has 0 aliphatic rings. The summed E-state index contributed by atoms with van der Waals surface area (Å²) in [6, 6.07) is 0. The summed E-state index contributed by atoms with van der Waals surface area (Å²) in [5, 5.41) is 0. The number of hydrogen-bond acceptors (Lipinski definition) is 3. The van der Waals surface area contributed by atoms with E-state index < -0.39 is 15.9 Å². The Morgan fingerprint density at radius 3 is 0.933 bits per heavy atom. The van der Waals surface area contributed by atoms with Gasteiger partial charge in [-0.05, 0) is 0 Å². The van der Waals surface area contributed by atoms with Gasteiger partial charge in [-0.1, -0.05) is 39.3 Å². The zero-order valence-corrected chi connectivity index (χ0v) is 15.0. The predicted molar refractivity (Wildman–Crippen MR) is 74.9 cm³/mol. The Morgan fingerprint density at radius 1 is 0.733 bits per heavy atom. The van der Waals surface area contributed by atoms with Gasteiger partial charge in [0.15, 0.2) is 0 Å². The molecule has 0 N–H and O–H groups in total. The van der Waals surface area contributed by atoms with Crippen LogP contribution < -0.4 is 0 Å². The zero-order valence-electron chi connectivity index (χ0n) is 11.8. The fourth-order valence-corrected chi connectivity index (χ4v) is 9.02. The standard InChI is InChI=1S/C6H18O3Si2.C3H10Si/c1-7-11(8-2,9-3)10(4,5)6;1-4(2)3/h1-6H3;4H,1-3H3. The van der Waals surface area contributed by atoms with E-state index in [1.165, 1.54) is 0 Å². The van der Waals surface area contributed by atoms with Crippen LogP contribution >= 0.6 is 0 Å². The molecule has 0 aliphatic carbocycles. The van der Waals surface area contributed by atoms with Crippen molar-refractivity contribution in [3.8, 4) is 0 Å². The van der Waals surface area contributed by atoms with Gasteiger partial charge in [-0.15, -0.1) is 0 Å². The van der Waals surface area contributed by atoms with Crippen LogP contribution in [-0.2, 0) is 13.3 Å². The summed E-state index contributed by atoms with van der Waals surface area (Å²) in [4.78, 5) is 0. The highest BCUT2D eigenvalue weighted by molar-refractivity contribution is 7.33. The zero-order chi connectivity index (χ0) is 12.7. The van der Waals surface area contributed by atoms with Gasteiger partial charge in [0.25, 0.3) is 0 Å². The third-order valence-electron chi connectivity index (χ3n) is 1.72. The second kappa shape index (κ2) is 7.75. The van der Waals surface area contributed by atoms with Crippen molar-refractivity contribution in [2.24, 2.45) is 0 Å². The average molecular weight is 269 g/mol. The summed E-state index contributed by atoms with van der Waals surface area (Å²) < 4.78 is 16.1. The largest absolute Gasteiger partial charge is 0.468 e. The van der Waals surface area contributed by atoms with Gasteiger partial charge in [0.1, 0.15) is 7.59 Å². The maximum absolute atomic E-state index is 5.36. The molecular weight excluding hydrogens is 240 g/mol. The smallest absolute Gasteiger partial charge is 0.380 e. The first-order valence-corrected chi connectivity index (χ1v) is 15.0. The summed E-state index contributed by atoms with van der Waals surface area (Å²) in [5.41, 5.74) is 0. The summed E-state index contributed by atoms with van der Waals surface area (Å²) >= 11 is 0. The highest BCUT2D eigenvalue weighted by Gasteiger charge is 2.51. The Morgan fingerprint density at radius 2 is 0.933 bits per heavy atom. The summed E-state index contributed by atoms with van der Waals surface area (Å²) in [5.74, 6) is 0. The van der Waals surface area contributed by atoms with Crippen molar-refractivity contribution in [1.29, 1.82) is 0 Å². The molecule has 0 rings (SSSR count). The highest BCUT2D eigenvalue weighted by atomic mass is 29.3. The van der Waals surface area contributed by atoms with Crippen LogP contribution in [0.4, 0.5) is 0 Å². The molecule has 3 nitrogen and oxygen atoms in total. The van der Waals surface area contributed by atoms with Crippen molar-refractivity contribution < 1.29 is 13.3 Å². The molecule has 0 atom stereocenters. The second-order valence-corrected chi connectivity index (χ2v) is 21.8. The lowest BCUT2D eigenvalue weighted by Crippen LogP contribution is -2.62. The van der Waals surface area contributed by atoms with Crippen molar-refractivity contribution in [2.45, 2.75) is 39.3 Å². The van der Waals surface area contributed by atoms with Crippen LogP contribution in [0.3, 0.4) is 0 Å². The molecule has 6 heteroatoms. The molecule has 0 aromatic carbocycles. The molecule has 0 aromatic rings. The van der Waals surface area contributed by atoms with Gasteiger partial charge in [0.2, 0.25) is 0 Å². The van der Waals surface area contributed by atoms with Crippen LogP contribution in [0.25, 0.3) is 0 Å². The fraction of sp³-hybridized carbons (Fsp3) is 1.00. The minimum absolute atomic E-state index is 0.139. The van der Waals surface area contributed by atoms with Crippen LogP contribution in [0.1, 0.15) is 0 Å². The van der Waals surface area contributed by atoms with Crippen LogP contribution in [0.5, 0.6) is 0 Å². The lowest BCUT2D eigenvalue weighted by Gasteiger charge is -2.34. The van der Waals surface area contributed by atoms with E-state index in [1.807, 2.05) is 0 Å². The van der Waals surface area contributed by atoms with E-state index in [0.29, 0.717) is 0 Å². The van der Waals surface area contributed by atoms with Crippen molar-refractivity contribution in [1.82, 2.24) is 0 Å². The maximum Gasteiger partial charge on any atom is 0.468 e. The van der Waals surface area contributed by atoms with Gasteiger partial charge in [-0.2, -0.15) is 0 Å². The number of rotatable bonds is 4. The molecule has 0 unspecified atom stereocenters. The molecule has 15 heavy (non-hydrogen) atoms. The quantitative estimate of drug-likeness (QED) is 0.733. The topological polar surface area (TPSA) is 27.7 Å². The Hall–Kier alpha value is 0.531. The first-order valence-electron chi connectivity index (χ1n) is 5.32. The first kappa shape index (κ1) is 17.9. The summed E-state index contributed by atoms with van der Waals surface area (Å²) in [6.07, 6.45) is 0. The van der Waals surface area contributed by atoms with Gasteiger partial charge >= 0.3 is 8.32 Å². The lowest BCUT2D eigenvalue weighted by molar-refractivity contribution is 0.145. The third-order valence-corrected chi connectivity index (χ3v) is 12.5. The predicted octanol–water partition coefficient (Wildman–Crippen LogP) is 2.38. The minimum atomic E-state index is -2.28. The van der Waals surface area contributed by atoms with E-state index in [1.54, 1.807) is 21.3 Å². The SMILES string of the molecule is CO[Si](OC)(OC)[Si](C)(C)C.C[SiH](C)C. The Bertz CT molecular complexity index is 142. The van der Waals surface area contributed by atoms with E-state index in [9.17, 15) is 0 Å².